The maximum atomic E-state index is 12.5. The Kier molecular flexibility index (Phi) is 5.40. The van der Waals surface area contributed by atoms with Gasteiger partial charge in [-0.1, -0.05) is 25.5 Å². The van der Waals surface area contributed by atoms with E-state index in [1.807, 2.05) is 6.92 Å². The molecule has 2 fully saturated rings. The second-order valence-electron chi connectivity index (χ2n) is 7.25. The first-order valence-corrected chi connectivity index (χ1v) is 8.47. The summed E-state index contributed by atoms with van der Waals surface area (Å²) in [5.74, 6) is -0.289. The van der Waals surface area contributed by atoms with Crippen LogP contribution in [0, 0.1) is 23.7 Å². The van der Waals surface area contributed by atoms with Gasteiger partial charge in [-0.25, -0.2) is 0 Å². The van der Waals surface area contributed by atoms with E-state index >= 15 is 0 Å². The van der Waals surface area contributed by atoms with Crippen molar-refractivity contribution < 1.29 is 14.4 Å². The van der Waals surface area contributed by atoms with Gasteiger partial charge in [-0.3, -0.25) is 19.3 Å². The van der Waals surface area contributed by atoms with Gasteiger partial charge < -0.3 is 11.1 Å². The molecule has 3 rings (SSSR count). The molecule has 2 aliphatic carbocycles. The van der Waals surface area contributed by atoms with Crippen LogP contribution in [0.2, 0.25) is 0 Å². The second-order valence-corrected chi connectivity index (χ2v) is 7.25. The normalized spacial score (nSPS) is 32.5. The molecule has 0 aromatic heterocycles. The molecule has 3 N–H and O–H groups in total. The molecule has 3 amide bonds. The van der Waals surface area contributed by atoms with Gasteiger partial charge in [0.1, 0.15) is 0 Å². The van der Waals surface area contributed by atoms with Crippen molar-refractivity contribution in [2.24, 2.45) is 29.4 Å². The minimum Gasteiger partial charge on any atom is -0.353 e. The first-order chi connectivity index (χ1) is 10.9. The van der Waals surface area contributed by atoms with Crippen molar-refractivity contribution >= 4 is 30.1 Å². The number of amides is 3. The van der Waals surface area contributed by atoms with Gasteiger partial charge in [0.2, 0.25) is 17.7 Å². The fourth-order valence-corrected chi connectivity index (χ4v) is 4.30. The van der Waals surface area contributed by atoms with Gasteiger partial charge in [-0.05, 0) is 31.6 Å². The van der Waals surface area contributed by atoms with Crippen molar-refractivity contribution in [3.63, 3.8) is 0 Å². The smallest absolute Gasteiger partial charge is 0.239 e. The van der Waals surface area contributed by atoms with Crippen LogP contribution in [-0.4, -0.2) is 41.2 Å². The molecule has 1 saturated heterocycles. The van der Waals surface area contributed by atoms with Crippen molar-refractivity contribution in [3.05, 3.63) is 12.2 Å². The van der Waals surface area contributed by atoms with Crippen LogP contribution < -0.4 is 11.1 Å². The van der Waals surface area contributed by atoms with Crippen LogP contribution in [0.1, 0.15) is 33.1 Å². The predicted octanol–water partition coefficient (Wildman–Crippen LogP) is 0.849. The van der Waals surface area contributed by atoms with E-state index in [4.69, 9.17) is 5.73 Å². The van der Waals surface area contributed by atoms with Crippen molar-refractivity contribution in [2.75, 3.05) is 13.1 Å². The molecule has 2 bridgehead atoms. The molecule has 0 aromatic carbocycles. The number of rotatable bonds is 6. The van der Waals surface area contributed by atoms with Gasteiger partial charge in [0, 0.05) is 13.1 Å². The van der Waals surface area contributed by atoms with Gasteiger partial charge in [-0.2, -0.15) is 0 Å². The Morgan fingerprint density at radius 2 is 1.83 bits per heavy atom. The molecule has 1 saturated carbocycles. The van der Waals surface area contributed by atoms with Crippen LogP contribution in [-0.2, 0) is 14.4 Å². The summed E-state index contributed by atoms with van der Waals surface area (Å²) in [6.07, 6.45) is 6.50. The molecule has 1 aliphatic heterocycles. The van der Waals surface area contributed by atoms with Crippen molar-refractivity contribution in [1.82, 2.24) is 10.2 Å². The average Bonchev–Trinajstić information content (AvgIpc) is 3.16. The third-order valence-electron chi connectivity index (χ3n) is 5.47. The third-order valence-corrected chi connectivity index (χ3v) is 5.47. The number of hydrogen-bond acceptors (Lipinski definition) is 4. The Hall–Kier alpha value is -1.40. The fourth-order valence-electron chi connectivity index (χ4n) is 4.30. The van der Waals surface area contributed by atoms with Crippen LogP contribution in [0.3, 0.4) is 0 Å². The number of carbonyl (C=O) groups excluding carboxylic acids is 3. The standard InChI is InChI=1S/C17H25N3O3.ClH/c1-3-6-17(2,18)16(23)19-7-8-20-14(21)12-10-4-5-11(9-10)13(12)15(20)22;/h4-5,10-13H,3,6-9,18H2,1-2H3,(H,19,23);1H. The maximum absolute atomic E-state index is 12.5. The Morgan fingerprint density at radius 1 is 1.29 bits per heavy atom. The SMILES string of the molecule is CCCC(C)(N)C(=O)NCCN1C(=O)C2C3C=CC(C3)C2C1=O.Cl. The van der Waals surface area contributed by atoms with E-state index in [1.54, 1.807) is 6.92 Å². The van der Waals surface area contributed by atoms with Gasteiger partial charge in [0.15, 0.2) is 0 Å². The van der Waals surface area contributed by atoms with Gasteiger partial charge >= 0.3 is 0 Å². The number of nitrogens with zero attached hydrogens (tertiary/aromatic N) is 1. The Morgan fingerprint density at radius 3 is 2.33 bits per heavy atom. The second kappa shape index (κ2) is 6.84. The summed E-state index contributed by atoms with van der Waals surface area (Å²) in [7, 11) is 0. The molecule has 1 heterocycles. The van der Waals surface area contributed by atoms with Crippen LogP contribution in [0.5, 0.6) is 0 Å². The summed E-state index contributed by atoms with van der Waals surface area (Å²) in [6, 6.07) is 0. The van der Waals surface area contributed by atoms with E-state index in [0.29, 0.717) is 6.42 Å². The quantitative estimate of drug-likeness (QED) is 0.545. The number of carbonyl (C=O) groups is 3. The van der Waals surface area contributed by atoms with Crippen LogP contribution in [0.15, 0.2) is 12.2 Å². The highest BCUT2D eigenvalue weighted by Crippen LogP contribution is 2.52. The number of likely N-dealkylation sites (tertiary alicyclic amines) is 1. The zero-order valence-corrected chi connectivity index (χ0v) is 15.0. The number of hydrogen-bond donors (Lipinski definition) is 2. The van der Waals surface area contributed by atoms with Crippen molar-refractivity contribution in [1.29, 1.82) is 0 Å². The van der Waals surface area contributed by atoms with E-state index in [-0.39, 0.29) is 66.9 Å². The molecule has 0 spiro atoms. The minimum atomic E-state index is -0.909. The number of allylic oxidation sites excluding steroid dienone is 2. The first kappa shape index (κ1) is 18.9. The molecule has 5 unspecified atom stereocenters. The van der Waals surface area contributed by atoms with E-state index in [0.717, 1.165) is 12.8 Å². The largest absolute Gasteiger partial charge is 0.353 e. The number of nitrogens with two attached hydrogens (primary N) is 1. The molecule has 0 radical (unpaired) electrons. The summed E-state index contributed by atoms with van der Waals surface area (Å²) in [5, 5.41) is 2.75. The van der Waals surface area contributed by atoms with E-state index in [1.165, 1.54) is 4.90 Å². The Balaban J connectivity index is 0.00000208. The average molecular weight is 356 g/mol. The molecule has 3 aliphatic rings. The zero-order valence-electron chi connectivity index (χ0n) is 14.2. The minimum absolute atomic E-state index is 0. The lowest BCUT2D eigenvalue weighted by atomic mass is 9.85. The summed E-state index contributed by atoms with van der Waals surface area (Å²) in [4.78, 5) is 38.4. The number of fused-ring (bicyclic) bond motifs is 5. The van der Waals surface area contributed by atoms with E-state index in [9.17, 15) is 14.4 Å². The number of nitrogens with one attached hydrogen (secondary N) is 1. The predicted molar refractivity (Wildman–Crippen MR) is 92.2 cm³/mol. The highest BCUT2D eigenvalue weighted by molar-refractivity contribution is 6.06. The summed E-state index contributed by atoms with van der Waals surface area (Å²) in [6.45, 7) is 4.17. The van der Waals surface area contributed by atoms with Gasteiger partial charge in [-0.15, -0.1) is 12.4 Å². The monoisotopic (exact) mass is 355 g/mol. The Labute approximate surface area is 148 Å². The molecule has 7 heteroatoms. The Bertz CT molecular complexity index is 545. The highest BCUT2D eigenvalue weighted by atomic mass is 35.5. The van der Waals surface area contributed by atoms with Gasteiger partial charge in [0.05, 0.1) is 17.4 Å². The molecular weight excluding hydrogens is 330 g/mol. The summed E-state index contributed by atoms with van der Waals surface area (Å²) in [5.41, 5.74) is 5.06. The van der Waals surface area contributed by atoms with Crippen LogP contribution in [0.25, 0.3) is 0 Å². The molecule has 0 aromatic rings. The topological polar surface area (TPSA) is 92.5 Å². The first-order valence-electron chi connectivity index (χ1n) is 8.47. The maximum Gasteiger partial charge on any atom is 0.239 e. The molecular formula is C17H26ClN3O3. The molecule has 134 valence electrons. The fraction of sp³-hybridized carbons (Fsp3) is 0.706. The molecule has 5 atom stereocenters. The highest BCUT2D eigenvalue weighted by Gasteiger charge is 2.58. The lowest BCUT2D eigenvalue weighted by Crippen LogP contribution is -2.53. The van der Waals surface area contributed by atoms with Crippen LogP contribution in [0.4, 0.5) is 0 Å². The molecule has 6 nitrogen and oxygen atoms in total. The van der Waals surface area contributed by atoms with E-state index < -0.39 is 5.54 Å². The lowest BCUT2D eigenvalue weighted by Gasteiger charge is -2.24. The summed E-state index contributed by atoms with van der Waals surface area (Å²) < 4.78 is 0. The van der Waals surface area contributed by atoms with Crippen molar-refractivity contribution in [3.8, 4) is 0 Å². The van der Waals surface area contributed by atoms with Crippen LogP contribution >= 0.6 is 12.4 Å². The number of halogens is 1. The van der Waals surface area contributed by atoms with Crippen molar-refractivity contribution in [2.45, 2.75) is 38.6 Å². The lowest BCUT2D eigenvalue weighted by molar-refractivity contribution is -0.141. The zero-order chi connectivity index (χ0) is 16.8. The number of imide groups is 1. The third kappa shape index (κ3) is 2.97. The molecule has 24 heavy (non-hydrogen) atoms. The van der Waals surface area contributed by atoms with Gasteiger partial charge in [0.25, 0.3) is 0 Å². The van der Waals surface area contributed by atoms with E-state index in [2.05, 4.69) is 17.5 Å². The summed E-state index contributed by atoms with van der Waals surface area (Å²) >= 11 is 0.